The van der Waals surface area contributed by atoms with Gasteiger partial charge in [0.25, 0.3) is 0 Å². The Hall–Kier alpha value is -1.88. The Balaban J connectivity index is 3.61. The summed E-state index contributed by atoms with van der Waals surface area (Å²) in [5.74, 6) is -0.617. The molecule has 0 aromatic carbocycles. The predicted molar refractivity (Wildman–Crippen MR) is 187 cm³/mol. The number of unbranched alkanes of at least 4 members (excludes halogenated alkanes) is 19. The monoisotopic (exact) mass is 619 g/mol. The molecule has 0 amide bonds. The molecule has 0 aromatic rings. The molecule has 0 aromatic heterocycles. The second kappa shape index (κ2) is 35.6. The average Bonchev–Trinajstić information content (AvgIpc) is 3.02. The van der Waals surface area contributed by atoms with Crippen LogP contribution in [-0.2, 0) is 19.1 Å². The van der Waals surface area contributed by atoms with Crippen molar-refractivity contribution in [3.05, 3.63) is 36.5 Å². The maximum atomic E-state index is 12.1. The van der Waals surface area contributed by atoms with E-state index >= 15 is 0 Å². The second-order valence-corrected chi connectivity index (χ2v) is 12.3. The molecule has 0 spiro atoms. The van der Waals surface area contributed by atoms with Gasteiger partial charge < -0.3 is 14.6 Å². The molecule has 0 fully saturated rings. The fourth-order valence-electron chi connectivity index (χ4n) is 5.05. The predicted octanol–water partition coefficient (Wildman–Crippen LogP) is 11.3. The van der Waals surface area contributed by atoms with Crippen molar-refractivity contribution in [1.82, 2.24) is 0 Å². The molecule has 0 saturated heterocycles. The summed E-state index contributed by atoms with van der Waals surface area (Å²) in [6.45, 7) is 4.08. The highest BCUT2D eigenvalue weighted by Gasteiger charge is 2.16. The number of ether oxygens (including phenoxy) is 2. The summed E-state index contributed by atoms with van der Waals surface area (Å²) in [6.07, 6.45) is 41.9. The molecular formula is C39H70O5. The Bertz CT molecular complexity index is 711. The molecule has 0 radical (unpaired) electrons. The number of carbonyl (C=O) groups is 2. The van der Waals surface area contributed by atoms with Gasteiger partial charge in [-0.15, -0.1) is 0 Å². The molecule has 44 heavy (non-hydrogen) atoms. The topological polar surface area (TPSA) is 72.8 Å². The number of rotatable bonds is 33. The Morgan fingerprint density at radius 3 is 1.41 bits per heavy atom. The van der Waals surface area contributed by atoms with Crippen LogP contribution in [0.3, 0.4) is 0 Å². The van der Waals surface area contributed by atoms with E-state index in [1.807, 2.05) is 0 Å². The Kier molecular flexibility index (Phi) is 34.1. The molecule has 0 bridgehead atoms. The van der Waals surface area contributed by atoms with E-state index in [4.69, 9.17) is 9.47 Å². The first-order valence-corrected chi connectivity index (χ1v) is 18.5. The van der Waals surface area contributed by atoms with Gasteiger partial charge in [0.05, 0.1) is 6.61 Å². The van der Waals surface area contributed by atoms with E-state index < -0.39 is 6.10 Å². The van der Waals surface area contributed by atoms with Crippen molar-refractivity contribution in [3.63, 3.8) is 0 Å². The maximum Gasteiger partial charge on any atom is 0.306 e. The van der Waals surface area contributed by atoms with Crippen molar-refractivity contribution in [1.29, 1.82) is 0 Å². The van der Waals surface area contributed by atoms with E-state index in [0.29, 0.717) is 12.8 Å². The van der Waals surface area contributed by atoms with Crippen molar-refractivity contribution in [2.24, 2.45) is 0 Å². The number of aliphatic hydroxyl groups excluding tert-OH is 1. The fraction of sp³-hybridized carbons (Fsp3) is 0.795. The summed E-state index contributed by atoms with van der Waals surface area (Å²) in [7, 11) is 0. The Labute approximate surface area is 272 Å². The van der Waals surface area contributed by atoms with E-state index in [2.05, 4.69) is 50.3 Å². The molecule has 0 aliphatic carbocycles. The zero-order valence-electron chi connectivity index (χ0n) is 28.9. The number of hydrogen-bond acceptors (Lipinski definition) is 5. The van der Waals surface area contributed by atoms with E-state index in [1.165, 1.54) is 96.3 Å². The molecule has 0 saturated carbocycles. The lowest BCUT2D eigenvalue weighted by atomic mass is 10.1. The molecule has 5 nitrogen and oxygen atoms in total. The van der Waals surface area contributed by atoms with E-state index in [0.717, 1.165) is 57.8 Å². The minimum atomic E-state index is -0.779. The molecule has 0 aliphatic heterocycles. The highest BCUT2D eigenvalue weighted by atomic mass is 16.6. The van der Waals surface area contributed by atoms with Crippen LogP contribution in [0.2, 0.25) is 0 Å². The van der Waals surface area contributed by atoms with Crippen LogP contribution in [0.25, 0.3) is 0 Å². The lowest BCUT2D eigenvalue weighted by Crippen LogP contribution is -2.28. The summed E-state index contributed by atoms with van der Waals surface area (Å²) in [5.41, 5.74) is 0. The molecule has 1 atom stereocenters. The Morgan fingerprint density at radius 2 is 0.909 bits per heavy atom. The molecular weight excluding hydrogens is 548 g/mol. The standard InChI is InChI=1S/C39H70O5/c1-3-5-7-9-11-13-15-17-19-21-23-25-27-29-31-33-38(41)43-36-37(35-40)44-39(42)34-32-30-28-26-24-22-20-18-16-14-12-10-8-6-4-2/h11,13,17-20,37,40H,3-10,12,14-16,21-36H2,1-2H3. The molecule has 1 N–H and O–H groups in total. The summed E-state index contributed by atoms with van der Waals surface area (Å²) in [5, 5.41) is 9.53. The average molecular weight is 619 g/mol. The normalized spacial score (nSPS) is 12.5. The minimum absolute atomic E-state index is 0.0757. The smallest absolute Gasteiger partial charge is 0.306 e. The van der Waals surface area contributed by atoms with Crippen molar-refractivity contribution in [2.45, 2.75) is 187 Å². The van der Waals surface area contributed by atoms with Gasteiger partial charge in [0.2, 0.25) is 0 Å². The van der Waals surface area contributed by atoms with Crippen LogP contribution in [0.4, 0.5) is 0 Å². The molecule has 5 heteroatoms. The van der Waals surface area contributed by atoms with Crippen LogP contribution in [0.15, 0.2) is 36.5 Å². The molecule has 0 heterocycles. The summed E-state index contributed by atoms with van der Waals surface area (Å²) in [4.78, 5) is 24.2. The SMILES string of the molecule is CCCCCC=CCC=CCCCCCCCC(=O)OCC(CO)OC(=O)CCCCCCCC=CCCCCCCCC. The van der Waals surface area contributed by atoms with E-state index in [1.54, 1.807) is 0 Å². The molecule has 1 unspecified atom stereocenters. The quantitative estimate of drug-likeness (QED) is 0.0450. The summed E-state index contributed by atoms with van der Waals surface area (Å²) in [6, 6.07) is 0. The summed E-state index contributed by atoms with van der Waals surface area (Å²) < 4.78 is 10.6. The second-order valence-electron chi connectivity index (χ2n) is 12.3. The summed E-state index contributed by atoms with van der Waals surface area (Å²) >= 11 is 0. The molecule has 256 valence electrons. The zero-order valence-corrected chi connectivity index (χ0v) is 28.9. The fourth-order valence-corrected chi connectivity index (χ4v) is 5.05. The number of aliphatic hydroxyl groups is 1. The maximum absolute atomic E-state index is 12.1. The third-order valence-electron chi connectivity index (χ3n) is 7.91. The number of allylic oxidation sites excluding steroid dienone is 6. The largest absolute Gasteiger partial charge is 0.462 e. The lowest BCUT2D eigenvalue weighted by Gasteiger charge is -2.15. The molecule has 0 rings (SSSR count). The van der Waals surface area contributed by atoms with Crippen LogP contribution in [-0.4, -0.2) is 36.4 Å². The first-order chi connectivity index (χ1) is 21.6. The van der Waals surface area contributed by atoms with Gasteiger partial charge in [-0.25, -0.2) is 0 Å². The van der Waals surface area contributed by atoms with Crippen LogP contribution >= 0.6 is 0 Å². The van der Waals surface area contributed by atoms with Crippen molar-refractivity contribution >= 4 is 11.9 Å². The number of esters is 2. The van der Waals surface area contributed by atoms with Crippen molar-refractivity contribution in [3.8, 4) is 0 Å². The minimum Gasteiger partial charge on any atom is -0.462 e. The van der Waals surface area contributed by atoms with Crippen LogP contribution in [0.1, 0.15) is 181 Å². The van der Waals surface area contributed by atoms with Gasteiger partial charge in [-0.1, -0.05) is 134 Å². The van der Waals surface area contributed by atoms with Gasteiger partial charge in [-0.3, -0.25) is 9.59 Å². The first kappa shape index (κ1) is 42.1. The van der Waals surface area contributed by atoms with Crippen LogP contribution in [0, 0.1) is 0 Å². The van der Waals surface area contributed by atoms with Crippen LogP contribution in [0.5, 0.6) is 0 Å². The lowest BCUT2D eigenvalue weighted by molar-refractivity contribution is -0.161. The van der Waals surface area contributed by atoms with Gasteiger partial charge in [0, 0.05) is 12.8 Å². The van der Waals surface area contributed by atoms with Gasteiger partial charge in [-0.2, -0.15) is 0 Å². The van der Waals surface area contributed by atoms with E-state index in [9.17, 15) is 14.7 Å². The highest BCUT2D eigenvalue weighted by molar-refractivity contribution is 5.70. The van der Waals surface area contributed by atoms with Gasteiger partial charge in [-0.05, 0) is 70.6 Å². The zero-order chi connectivity index (χ0) is 32.2. The van der Waals surface area contributed by atoms with E-state index in [-0.39, 0.29) is 25.2 Å². The van der Waals surface area contributed by atoms with Crippen molar-refractivity contribution in [2.75, 3.05) is 13.2 Å². The van der Waals surface area contributed by atoms with Gasteiger partial charge in [0.1, 0.15) is 6.61 Å². The van der Waals surface area contributed by atoms with Gasteiger partial charge >= 0.3 is 11.9 Å². The van der Waals surface area contributed by atoms with Gasteiger partial charge in [0.15, 0.2) is 6.10 Å². The van der Waals surface area contributed by atoms with Crippen molar-refractivity contribution < 1.29 is 24.2 Å². The first-order valence-electron chi connectivity index (χ1n) is 18.5. The molecule has 0 aliphatic rings. The third-order valence-corrected chi connectivity index (χ3v) is 7.91. The number of carbonyl (C=O) groups excluding carboxylic acids is 2. The highest BCUT2D eigenvalue weighted by Crippen LogP contribution is 2.12. The number of hydrogen-bond donors (Lipinski definition) is 1. The third kappa shape index (κ3) is 33.0. The Morgan fingerprint density at radius 1 is 0.523 bits per heavy atom. The van der Waals surface area contributed by atoms with Crippen LogP contribution < -0.4 is 0 Å².